The predicted octanol–water partition coefficient (Wildman–Crippen LogP) is 2.88. The molecule has 0 saturated carbocycles. The number of nitrogens with one attached hydrogen (secondary N) is 1. The van der Waals surface area contributed by atoms with Crippen LogP contribution in [0.4, 0.5) is 0 Å². The van der Waals surface area contributed by atoms with Crippen LogP contribution >= 0.6 is 0 Å². The van der Waals surface area contributed by atoms with E-state index in [4.69, 9.17) is 4.74 Å². The molecule has 1 aromatic carbocycles. The number of hydrogen-bond donors (Lipinski definition) is 1. The summed E-state index contributed by atoms with van der Waals surface area (Å²) >= 11 is 0. The molecule has 0 atom stereocenters. The third-order valence-electron chi connectivity index (χ3n) is 3.78. The van der Waals surface area contributed by atoms with Gasteiger partial charge in [-0.2, -0.15) is 0 Å². The number of rotatable bonds is 4. The van der Waals surface area contributed by atoms with Crippen LogP contribution in [-0.2, 0) is 6.54 Å². The average Bonchev–Trinajstić information content (AvgIpc) is 3.25. The van der Waals surface area contributed by atoms with Gasteiger partial charge in [0.1, 0.15) is 11.6 Å². The maximum absolute atomic E-state index is 5.52. The minimum absolute atomic E-state index is 0.662. The number of nitrogens with zero attached hydrogens (tertiary/aromatic N) is 4. The Kier molecular flexibility index (Phi) is 3.27. The third-order valence-corrected chi connectivity index (χ3v) is 3.78. The summed E-state index contributed by atoms with van der Waals surface area (Å²) in [4.78, 5) is 16.3. The Hall–Kier alpha value is -3.15. The van der Waals surface area contributed by atoms with Gasteiger partial charge in [-0.15, -0.1) is 0 Å². The minimum Gasteiger partial charge on any atom is -0.496 e. The zero-order chi connectivity index (χ0) is 15.6. The second-order valence-corrected chi connectivity index (χ2v) is 5.20. The van der Waals surface area contributed by atoms with E-state index in [-0.39, 0.29) is 0 Å². The highest BCUT2D eigenvalue weighted by Crippen LogP contribution is 2.29. The van der Waals surface area contributed by atoms with Crippen molar-refractivity contribution >= 4 is 11.0 Å². The number of imidazole rings is 2. The topological polar surface area (TPSA) is 68.6 Å². The van der Waals surface area contributed by atoms with Gasteiger partial charge in [0.2, 0.25) is 0 Å². The SMILES string of the molecule is COc1ccc2nc(-c3cccnc3)[nH]c2c1Cn1ccnc1. The van der Waals surface area contributed by atoms with Crippen molar-refractivity contribution in [3.05, 3.63) is 60.9 Å². The summed E-state index contributed by atoms with van der Waals surface area (Å²) in [5.41, 5.74) is 3.87. The number of aromatic amines is 1. The Bertz CT molecular complexity index is 928. The lowest BCUT2D eigenvalue weighted by Crippen LogP contribution is -2.00. The second kappa shape index (κ2) is 5.57. The van der Waals surface area contributed by atoms with Gasteiger partial charge in [0, 0.05) is 35.9 Å². The monoisotopic (exact) mass is 305 g/mol. The largest absolute Gasteiger partial charge is 0.496 e. The van der Waals surface area contributed by atoms with Crippen LogP contribution in [0.3, 0.4) is 0 Å². The van der Waals surface area contributed by atoms with E-state index in [1.807, 2.05) is 35.0 Å². The highest BCUT2D eigenvalue weighted by atomic mass is 16.5. The first-order chi connectivity index (χ1) is 11.3. The molecule has 0 fully saturated rings. The molecule has 0 aliphatic heterocycles. The molecule has 0 bridgehead atoms. The number of ether oxygens (including phenoxy) is 1. The number of pyridine rings is 1. The number of benzene rings is 1. The molecule has 0 saturated heterocycles. The van der Waals surface area contributed by atoms with Gasteiger partial charge in [-0.1, -0.05) is 0 Å². The van der Waals surface area contributed by atoms with Crippen LogP contribution in [0.15, 0.2) is 55.4 Å². The quantitative estimate of drug-likeness (QED) is 0.629. The summed E-state index contributed by atoms with van der Waals surface area (Å²) in [6.07, 6.45) is 9.03. The fourth-order valence-electron chi connectivity index (χ4n) is 2.67. The second-order valence-electron chi connectivity index (χ2n) is 5.20. The summed E-state index contributed by atoms with van der Waals surface area (Å²) in [5, 5.41) is 0. The first-order valence-electron chi connectivity index (χ1n) is 7.27. The van der Waals surface area contributed by atoms with Crippen LogP contribution in [0.25, 0.3) is 22.4 Å². The first-order valence-corrected chi connectivity index (χ1v) is 7.27. The molecule has 114 valence electrons. The van der Waals surface area contributed by atoms with Crippen molar-refractivity contribution in [1.82, 2.24) is 24.5 Å². The summed E-state index contributed by atoms with van der Waals surface area (Å²) in [5.74, 6) is 1.63. The Morgan fingerprint density at radius 3 is 2.87 bits per heavy atom. The van der Waals surface area contributed by atoms with Crippen molar-refractivity contribution in [2.75, 3.05) is 7.11 Å². The van der Waals surface area contributed by atoms with Gasteiger partial charge in [0.15, 0.2) is 0 Å². The number of aromatic nitrogens is 5. The molecule has 4 aromatic rings. The molecule has 0 unspecified atom stereocenters. The lowest BCUT2D eigenvalue weighted by atomic mass is 10.1. The molecular formula is C17H15N5O. The van der Waals surface area contributed by atoms with Gasteiger partial charge in [-0.05, 0) is 24.3 Å². The third kappa shape index (κ3) is 2.44. The van der Waals surface area contributed by atoms with Crippen molar-refractivity contribution in [3.8, 4) is 17.1 Å². The number of H-pyrrole nitrogens is 1. The molecule has 0 aliphatic rings. The standard InChI is InChI=1S/C17H15N5O/c1-23-15-5-4-14-16(13(15)10-22-8-7-19-11-22)21-17(20-14)12-3-2-6-18-9-12/h2-9,11H,10H2,1H3,(H,20,21). The lowest BCUT2D eigenvalue weighted by Gasteiger charge is -2.09. The highest BCUT2D eigenvalue weighted by molar-refractivity contribution is 5.84. The molecule has 0 spiro atoms. The Morgan fingerprint density at radius 1 is 1.17 bits per heavy atom. The van der Waals surface area contributed by atoms with Crippen LogP contribution in [-0.4, -0.2) is 31.6 Å². The summed E-state index contributed by atoms with van der Waals surface area (Å²) in [6.45, 7) is 0.662. The van der Waals surface area contributed by atoms with Gasteiger partial charge in [0.05, 0.1) is 31.0 Å². The van der Waals surface area contributed by atoms with Gasteiger partial charge in [-0.25, -0.2) is 9.97 Å². The van der Waals surface area contributed by atoms with E-state index in [1.165, 1.54) is 0 Å². The van der Waals surface area contributed by atoms with Gasteiger partial charge in [0.25, 0.3) is 0 Å². The maximum atomic E-state index is 5.52. The summed E-state index contributed by atoms with van der Waals surface area (Å²) in [6, 6.07) is 7.79. The maximum Gasteiger partial charge on any atom is 0.140 e. The lowest BCUT2D eigenvalue weighted by molar-refractivity contribution is 0.409. The summed E-state index contributed by atoms with van der Waals surface area (Å²) in [7, 11) is 1.68. The Balaban J connectivity index is 1.87. The fourth-order valence-corrected chi connectivity index (χ4v) is 2.67. The zero-order valence-corrected chi connectivity index (χ0v) is 12.6. The molecule has 0 radical (unpaired) electrons. The molecule has 3 aromatic heterocycles. The van der Waals surface area contributed by atoms with Crippen molar-refractivity contribution in [2.24, 2.45) is 0 Å². The van der Waals surface area contributed by atoms with Crippen LogP contribution in [0.1, 0.15) is 5.56 Å². The highest BCUT2D eigenvalue weighted by Gasteiger charge is 2.14. The molecule has 3 heterocycles. The van der Waals surface area contributed by atoms with E-state index in [1.54, 1.807) is 32.0 Å². The van der Waals surface area contributed by atoms with Crippen LogP contribution in [0.2, 0.25) is 0 Å². The van der Waals surface area contributed by atoms with E-state index in [9.17, 15) is 0 Å². The molecule has 23 heavy (non-hydrogen) atoms. The van der Waals surface area contributed by atoms with Gasteiger partial charge >= 0.3 is 0 Å². The van der Waals surface area contributed by atoms with E-state index >= 15 is 0 Å². The van der Waals surface area contributed by atoms with Gasteiger partial charge in [-0.3, -0.25) is 4.98 Å². The number of methoxy groups -OCH3 is 1. The van der Waals surface area contributed by atoms with Crippen molar-refractivity contribution < 1.29 is 4.74 Å². The van der Waals surface area contributed by atoms with Crippen LogP contribution in [0.5, 0.6) is 5.75 Å². The molecule has 4 rings (SSSR count). The molecule has 0 amide bonds. The van der Waals surface area contributed by atoms with E-state index < -0.39 is 0 Å². The Labute approximate surface area is 132 Å². The van der Waals surface area contributed by atoms with E-state index in [0.29, 0.717) is 6.54 Å². The normalized spacial score (nSPS) is 11.0. The van der Waals surface area contributed by atoms with Crippen molar-refractivity contribution in [3.63, 3.8) is 0 Å². The number of hydrogen-bond acceptors (Lipinski definition) is 4. The summed E-state index contributed by atoms with van der Waals surface area (Å²) < 4.78 is 7.53. The van der Waals surface area contributed by atoms with E-state index in [0.717, 1.165) is 33.7 Å². The molecule has 1 N–H and O–H groups in total. The Morgan fingerprint density at radius 2 is 2.13 bits per heavy atom. The average molecular weight is 305 g/mol. The van der Waals surface area contributed by atoms with Crippen molar-refractivity contribution in [1.29, 1.82) is 0 Å². The van der Waals surface area contributed by atoms with Gasteiger partial charge < -0.3 is 14.3 Å². The predicted molar refractivity (Wildman–Crippen MR) is 87.2 cm³/mol. The minimum atomic E-state index is 0.662. The van der Waals surface area contributed by atoms with E-state index in [2.05, 4.69) is 19.9 Å². The molecule has 0 aliphatic carbocycles. The van der Waals surface area contributed by atoms with Crippen LogP contribution in [0, 0.1) is 0 Å². The van der Waals surface area contributed by atoms with Crippen molar-refractivity contribution in [2.45, 2.75) is 6.54 Å². The van der Waals surface area contributed by atoms with Crippen LogP contribution < -0.4 is 4.74 Å². The smallest absolute Gasteiger partial charge is 0.140 e. The molecule has 6 heteroatoms. The first kappa shape index (κ1) is 13.5. The number of fused-ring (bicyclic) bond motifs is 1. The fraction of sp³-hybridized carbons (Fsp3) is 0.118. The molecular weight excluding hydrogens is 290 g/mol. The molecule has 6 nitrogen and oxygen atoms in total. The zero-order valence-electron chi connectivity index (χ0n) is 12.6.